The van der Waals surface area contributed by atoms with Crippen LogP contribution in [0, 0.1) is 0 Å². The fourth-order valence-corrected chi connectivity index (χ4v) is 4.19. The van der Waals surface area contributed by atoms with Crippen LogP contribution < -0.4 is 5.32 Å². The summed E-state index contributed by atoms with van der Waals surface area (Å²) in [7, 11) is -2.06. The van der Waals surface area contributed by atoms with E-state index in [2.05, 4.69) is 5.32 Å². The van der Waals surface area contributed by atoms with Gasteiger partial charge in [0.1, 0.15) is 0 Å². The van der Waals surface area contributed by atoms with Gasteiger partial charge in [0.25, 0.3) is 0 Å². The van der Waals surface area contributed by atoms with Crippen LogP contribution in [0.25, 0.3) is 10.9 Å². The fourth-order valence-electron chi connectivity index (χ4n) is 2.94. The molecular formula is C15H18N2O4S. The molecule has 1 aliphatic rings. The van der Waals surface area contributed by atoms with E-state index in [0.717, 1.165) is 23.2 Å². The molecule has 118 valence electrons. The third-order valence-electron chi connectivity index (χ3n) is 4.04. The molecule has 1 aromatic heterocycles. The lowest BCUT2D eigenvalue weighted by molar-refractivity contribution is 0.0601. The molecule has 3 rings (SSSR count). The van der Waals surface area contributed by atoms with E-state index in [-0.39, 0.29) is 5.75 Å². The Morgan fingerprint density at radius 2 is 2.18 bits per heavy atom. The number of rotatable bonds is 3. The van der Waals surface area contributed by atoms with Crippen molar-refractivity contribution in [1.82, 2.24) is 9.29 Å². The molecule has 2 heterocycles. The molecule has 1 aliphatic heterocycles. The smallest absolute Gasteiger partial charge is 0.337 e. The van der Waals surface area contributed by atoms with E-state index in [0.29, 0.717) is 24.0 Å². The van der Waals surface area contributed by atoms with E-state index >= 15 is 0 Å². The molecular weight excluding hydrogens is 304 g/mol. The molecule has 0 radical (unpaired) electrons. The second-order valence-corrected chi connectivity index (χ2v) is 7.35. The Morgan fingerprint density at radius 1 is 1.41 bits per heavy atom. The van der Waals surface area contributed by atoms with Gasteiger partial charge in [-0.3, -0.25) is 0 Å². The van der Waals surface area contributed by atoms with Crippen LogP contribution in [-0.2, 0) is 27.7 Å². The maximum absolute atomic E-state index is 12.5. The van der Waals surface area contributed by atoms with E-state index in [1.54, 1.807) is 25.1 Å². The predicted molar refractivity (Wildman–Crippen MR) is 83.5 cm³/mol. The van der Waals surface area contributed by atoms with Crippen LogP contribution in [0.15, 0.2) is 18.2 Å². The van der Waals surface area contributed by atoms with Crippen molar-refractivity contribution in [3.05, 3.63) is 35.0 Å². The summed E-state index contributed by atoms with van der Waals surface area (Å²) in [5.74, 6) is -0.388. The number of methoxy groups -OCH3 is 1. The zero-order valence-corrected chi connectivity index (χ0v) is 13.4. The van der Waals surface area contributed by atoms with Gasteiger partial charge in [0, 0.05) is 30.6 Å². The molecule has 22 heavy (non-hydrogen) atoms. The summed E-state index contributed by atoms with van der Waals surface area (Å²) < 4.78 is 31.1. The number of nitrogens with zero attached hydrogens (tertiary/aromatic N) is 1. The van der Waals surface area contributed by atoms with Gasteiger partial charge in [0.15, 0.2) is 0 Å². The summed E-state index contributed by atoms with van der Waals surface area (Å²) in [6.45, 7) is 2.98. The number of hydrogen-bond donors (Lipinski definition) is 1. The molecule has 2 aromatic rings. The van der Waals surface area contributed by atoms with E-state index in [4.69, 9.17) is 4.74 Å². The van der Waals surface area contributed by atoms with E-state index in [1.165, 1.54) is 11.1 Å². The quantitative estimate of drug-likeness (QED) is 0.861. The lowest BCUT2D eigenvalue weighted by Gasteiger charge is -2.16. The van der Waals surface area contributed by atoms with Gasteiger partial charge in [0.05, 0.1) is 23.9 Å². The first-order valence-corrected chi connectivity index (χ1v) is 8.79. The maximum atomic E-state index is 12.5. The molecule has 1 N–H and O–H groups in total. The van der Waals surface area contributed by atoms with Crippen molar-refractivity contribution in [2.75, 3.05) is 19.4 Å². The van der Waals surface area contributed by atoms with Crippen LogP contribution in [0.2, 0.25) is 0 Å². The van der Waals surface area contributed by atoms with Crippen molar-refractivity contribution in [1.29, 1.82) is 0 Å². The van der Waals surface area contributed by atoms with Gasteiger partial charge in [-0.1, -0.05) is 0 Å². The Morgan fingerprint density at radius 3 is 2.86 bits per heavy atom. The summed E-state index contributed by atoms with van der Waals surface area (Å²) in [5, 5.41) is 4.05. The highest BCUT2D eigenvalue weighted by Gasteiger charge is 2.26. The average Bonchev–Trinajstić information content (AvgIpc) is 2.88. The van der Waals surface area contributed by atoms with Gasteiger partial charge < -0.3 is 10.1 Å². The Balaban J connectivity index is 2.35. The summed E-state index contributed by atoms with van der Waals surface area (Å²) in [4.78, 5) is 11.7. The zero-order valence-electron chi connectivity index (χ0n) is 12.5. The highest BCUT2D eigenvalue weighted by molar-refractivity contribution is 7.90. The van der Waals surface area contributed by atoms with Gasteiger partial charge in [-0.15, -0.1) is 0 Å². The van der Waals surface area contributed by atoms with E-state index in [1.807, 2.05) is 0 Å². The predicted octanol–water partition coefficient (Wildman–Crippen LogP) is 1.27. The third-order valence-corrected chi connectivity index (χ3v) is 5.74. The minimum Gasteiger partial charge on any atom is -0.465 e. The van der Waals surface area contributed by atoms with Crippen molar-refractivity contribution in [2.24, 2.45) is 0 Å². The maximum Gasteiger partial charge on any atom is 0.337 e. The van der Waals surface area contributed by atoms with Crippen molar-refractivity contribution in [3.63, 3.8) is 0 Å². The Hall–Kier alpha value is -1.86. The lowest BCUT2D eigenvalue weighted by Crippen LogP contribution is -2.27. The first-order chi connectivity index (χ1) is 10.5. The first-order valence-electron chi connectivity index (χ1n) is 7.18. The SMILES string of the molecule is CCS(=O)(=O)n1c2c(c3cc(C(=O)OC)ccc31)CNCC2. The van der Waals surface area contributed by atoms with Gasteiger partial charge in [0.2, 0.25) is 10.0 Å². The van der Waals surface area contributed by atoms with Crippen LogP contribution in [-0.4, -0.2) is 37.8 Å². The number of carbonyl (C=O) groups excluding carboxylic acids is 1. The minimum absolute atomic E-state index is 0.0371. The van der Waals surface area contributed by atoms with Crippen LogP contribution in [0.3, 0.4) is 0 Å². The minimum atomic E-state index is -3.39. The van der Waals surface area contributed by atoms with Crippen molar-refractivity contribution >= 4 is 26.9 Å². The molecule has 0 fully saturated rings. The number of nitrogens with one attached hydrogen (secondary N) is 1. The fraction of sp³-hybridized carbons (Fsp3) is 0.400. The lowest BCUT2D eigenvalue weighted by atomic mass is 10.0. The molecule has 0 spiro atoms. The summed E-state index contributed by atoms with van der Waals surface area (Å²) >= 11 is 0. The van der Waals surface area contributed by atoms with E-state index < -0.39 is 16.0 Å². The van der Waals surface area contributed by atoms with Crippen LogP contribution in [0.5, 0.6) is 0 Å². The number of aromatic nitrogens is 1. The standard InChI is InChI=1S/C15H18N2O4S/c1-3-22(19,20)17-13-5-4-10(15(18)21-2)8-11(13)12-9-16-7-6-14(12)17/h4-5,8,16H,3,6-7,9H2,1-2H3. The van der Waals surface area contributed by atoms with Gasteiger partial charge in [-0.2, -0.15) is 0 Å². The number of fused-ring (bicyclic) bond motifs is 3. The molecule has 0 saturated heterocycles. The number of ether oxygens (including phenoxy) is 1. The third kappa shape index (κ3) is 2.21. The van der Waals surface area contributed by atoms with Crippen molar-refractivity contribution < 1.29 is 17.9 Å². The molecule has 0 aliphatic carbocycles. The molecule has 0 bridgehead atoms. The highest BCUT2D eigenvalue weighted by Crippen LogP contribution is 2.31. The summed E-state index contributed by atoms with van der Waals surface area (Å²) in [6, 6.07) is 5.01. The molecule has 1 aromatic carbocycles. The number of carbonyl (C=O) groups is 1. The highest BCUT2D eigenvalue weighted by atomic mass is 32.2. The van der Waals surface area contributed by atoms with Gasteiger partial charge in [-0.25, -0.2) is 17.2 Å². The molecule has 0 atom stereocenters. The van der Waals surface area contributed by atoms with Crippen molar-refractivity contribution in [3.8, 4) is 0 Å². The van der Waals surface area contributed by atoms with Crippen LogP contribution in [0.4, 0.5) is 0 Å². The molecule has 0 amide bonds. The number of esters is 1. The van der Waals surface area contributed by atoms with Gasteiger partial charge >= 0.3 is 5.97 Å². The number of hydrogen-bond acceptors (Lipinski definition) is 5. The van der Waals surface area contributed by atoms with Crippen LogP contribution >= 0.6 is 0 Å². The Labute approximate surface area is 129 Å². The number of benzene rings is 1. The van der Waals surface area contributed by atoms with Crippen LogP contribution in [0.1, 0.15) is 28.5 Å². The van der Waals surface area contributed by atoms with E-state index in [9.17, 15) is 13.2 Å². The average molecular weight is 322 g/mol. The topological polar surface area (TPSA) is 77.4 Å². The largest absolute Gasteiger partial charge is 0.465 e. The normalized spacial score (nSPS) is 14.8. The first kappa shape index (κ1) is 15.1. The molecule has 0 saturated carbocycles. The molecule has 0 unspecified atom stereocenters. The van der Waals surface area contributed by atoms with Crippen molar-refractivity contribution in [2.45, 2.75) is 19.9 Å². The summed E-state index contributed by atoms with van der Waals surface area (Å²) in [5.41, 5.74) is 2.82. The molecule has 7 heteroatoms. The Bertz CT molecular complexity index is 852. The van der Waals surface area contributed by atoms with Gasteiger partial charge in [-0.05, 0) is 30.7 Å². The Kier molecular flexibility index (Phi) is 3.70. The summed E-state index contributed by atoms with van der Waals surface area (Å²) in [6.07, 6.45) is 0.650. The molecule has 6 nitrogen and oxygen atoms in total. The second-order valence-electron chi connectivity index (χ2n) is 5.24. The second kappa shape index (κ2) is 5.40. The zero-order chi connectivity index (χ0) is 15.9. The monoisotopic (exact) mass is 322 g/mol.